The van der Waals surface area contributed by atoms with E-state index in [1.165, 1.54) is 6.26 Å². The second kappa shape index (κ2) is 3.96. The number of carbonyl (C=O) groups excluding carboxylic acids is 1. The van der Waals surface area contributed by atoms with Crippen molar-refractivity contribution in [3.8, 4) is 0 Å². The summed E-state index contributed by atoms with van der Waals surface area (Å²) in [4.78, 5) is 15.5. The first-order valence-corrected chi connectivity index (χ1v) is 4.54. The Morgan fingerprint density at radius 1 is 1.33 bits per heavy atom. The van der Waals surface area contributed by atoms with Crippen molar-refractivity contribution in [2.75, 3.05) is 5.32 Å². The van der Waals surface area contributed by atoms with Crippen LogP contribution in [-0.4, -0.2) is 10.9 Å². The minimum atomic E-state index is -0.266. The number of hydrogen-bond donors (Lipinski definition) is 1. The first-order chi connectivity index (χ1) is 7.25. The van der Waals surface area contributed by atoms with E-state index in [-0.39, 0.29) is 11.6 Å². The molecule has 0 saturated heterocycles. The van der Waals surface area contributed by atoms with Crippen LogP contribution >= 0.6 is 0 Å². The number of anilines is 1. The third-order valence-electron chi connectivity index (χ3n) is 1.88. The minimum Gasteiger partial charge on any atom is -0.448 e. The Balaban J connectivity index is 2.11. The maximum absolute atomic E-state index is 11.6. The molecule has 0 saturated carbocycles. The van der Waals surface area contributed by atoms with E-state index in [2.05, 4.69) is 10.3 Å². The summed E-state index contributed by atoms with van der Waals surface area (Å²) in [6.45, 7) is 1.69. The number of nitrogens with zero attached hydrogens (tertiary/aromatic N) is 1. The van der Waals surface area contributed by atoms with Gasteiger partial charge in [-0.25, -0.2) is 4.98 Å². The van der Waals surface area contributed by atoms with Crippen molar-refractivity contribution >= 4 is 11.6 Å². The zero-order valence-corrected chi connectivity index (χ0v) is 8.23. The average molecular weight is 202 g/mol. The molecule has 0 atom stereocenters. The van der Waals surface area contributed by atoms with Gasteiger partial charge < -0.3 is 9.73 Å². The van der Waals surface area contributed by atoms with Gasteiger partial charge in [-0.05, 0) is 12.1 Å². The van der Waals surface area contributed by atoms with E-state index >= 15 is 0 Å². The van der Waals surface area contributed by atoms with Crippen molar-refractivity contribution in [2.45, 2.75) is 6.92 Å². The van der Waals surface area contributed by atoms with Crippen LogP contribution < -0.4 is 5.32 Å². The summed E-state index contributed by atoms with van der Waals surface area (Å²) in [5.41, 5.74) is 1.03. The summed E-state index contributed by atoms with van der Waals surface area (Å²) in [5.74, 6) is 0.214. The monoisotopic (exact) mass is 202 g/mol. The van der Waals surface area contributed by atoms with E-state index < -0.39 is 0 Å². The number of hydrogen-bond acceptors (Lipinski definition) is 3. The Hall–Kier alpha value is -2.10. The van der Waals surface area contributed by atoms with Crippen LogP contribution in [0.25, 0.3) is 0 Å². The lowest BCUT2D eigenvalue weighted by atomic mass is 10.3. The van der Waals surface area contributed by atoms with Crippen LogP contribution in [0.2, 0.25) is 0 Å². The fraction of sp³-hybridized carbons (Fsp3) is 0.0909. The standard InChI is InChI=1S/C11H10N2O2/c1-8-12-10(7-15-8)11(14)13-9-5-3-2-4-6-9/h2-7H,1H3,(H,13,14). The van der Waals surface area contributed by atoms with E-state index in [9.17, 15) is 4.79 Å². The molecule has 2 aromatic rings. The normalized spacial score (nSPS) is 9.93. The van der Waals surface area contributed by atoms with Crippen LogP contribution in [0.4, 0.5) is 5.69 Å². The van der Waals surface area contributed by atoms with Gasteiger partial charge in [0.2, 0.25) is 0 Å². The van der Waals surface area contributed by atoms with Crippen LogP contribution in [0.1, 0.15) is 16.4 Å². The van der Waals surface area contributed by atoms with Crippen LogP contribution in [0, 0.1) is 6.92 Å². The summed E-state index contributed by atoms with van der Waals surface area (Å²) in [6, 6.07) is 9.21. The molecule has 0 bridgehead atoms. The highest BCUT2D eigenvalue weighted by molar-refractivity contribution is 6.02. The molecule has 1 amide bonds. The van der Waals surface area contributed by atoms with E-state index in [0.29, 0.717) is 5.89 Å². The van der Waals surface area contributed by atoms with Crippen LogP contribution in [0.15, 0.2) is 41.0 Å². The van der Waals surface area contributed by atoms with Gasteiger partial charge in [-0.2, -0.15) is 0 Å². The van der Waals surface area contributed by atoms with E-state index in [1.807, 2.05) is 30.3 Å². The highest BCUT2D eigenvalue weighted by Gasteiger charge is 2.09. The van der Waals surface area contributed by atoms with Crippen LogP contribution in [-0.2, 0) is 0 Å². The van der Waals surface area contributed by atoms with Crippen molar-refractivity contribution in [3.63, 3.8) is 0 Å². The molecule has 1 N–H and O–H groups in total. The topological polar surface area (TPSA) is 55.1 Å². The van der Waals surface area contributed by atoms with Crippen molar-refractivity contribution in [2.24, 2.45) is 0 Å². The van der Waals surface area contributed by atoms with Gasteiger partial charge in [0.1, 0.15) is 6.26 Å². The number of amides is 1. The van der Waals surface area contributed by atoms with Crippen molar-refractivity contribution in [1.82, 2.24) is 4.98 Å². The maximum atomic E-state index is 11.6. The SMILES string of the molecule is Cc1nc(C(=O)Nc2ccccc2)co1. The predicted octanol–water partition coefficient (Wildman–Crippen LogP) is 2.24. The summed E-state index contributed by atoms with van der Waals surface area (Å²) < 4.78 is 4.95. The number of benzene rings is 1. The molecule has 15 heavy (non-hydrogen) atoms. The second-order valence-electron chi connectivity index (χ2n) is 3.07. The molecule has 4 heteroatoms. The highest BCUT2D eigenvalue weighted by atomic mass is 16.3. The number of nitrogens with one attached hydrogen (secondary N) is 1. The fourth-order valence-electron chi connectivity index (χ4n) is 1.18. The summed E-state index contributed by atoms with van der Waals surface area (Å²) in [6.07, 6.45) is 1.34. The minimum absolute atomic E-state index is 0.266. The first kappa shape index (κ1) is 9.45. The molecule has 0 aliphatic rings. The zero-order valence-electron chi connectivity index (χ0n) is 8.23. The molecule has 0 spiro atoms. The Morgan fingerprint density at radius 3 is 2.67 bits per heavy atom. The molecule has 0 aliphatic heterocycles. The number of aryl methyl sites for hydroxylation is 1. The Kier molecular flexibility index (Phi) is 2.49. The molecule has 0 fully saturated rings. The molecule has 1 heterocycles. The Morgan fingerprint density at radius 2 is 2.07 bits per heavy atom. The van der Waals surface area contributed by atoms with Crippen molar-refractivity contribution in [3.05, 3.63) is 48.2 Å². The third-order valence-corrected chi connectivity index (χ3v) is 1.88. The molecule has 0 unspecified atom stereocenters. The quantitative estimate of drug-likeness (QED) is 0.812. The first-order valence-electron chi connectivity index (χ1n) is 4.54. The number of para-hydroxylation sites is 1. The number of aromatic nitrogens is 1. The lowest BCUT2D eigenvalue weighted by molar-refractivity contribution is 0.102. The smallest absolute Gasteiger partial charge is 0.277 e. The number of oxazole rings is 1. The largest absolute Gasteiger partial charge is 0.448 e. The van der Waals surface area contributed by atoms with Gasteiger partial charge in [-0.3, -0.25) is 4.79 Å². The fourth-order valence-corrected chi connectivity index (χ4v) is 1.18. The van der Waals surface area contributed by atoms with Gasteiger partial charge in [-0.15, -0.1) is 0 Å². The van der Waals surface area contributed by atoms with Gasteiger partial charge in [0.25, 0.3) is 5.91 Å². The molecule has 0 radical (unpaired) electrons. The van der Waals surface area contributed by atoms with Gasteiger partial charge in [0, 0.05) is 12.6 Å². The van der Waals surface area contributed by atoms with Gasteiger partial charge >= 0.3 is 0 Å². The van der Waals surface area contributed by atoms with Gasteiger partial charge in [-0.1, -0.05) is 18.2 Å². The van der Waals surface area contributed by atoms with Crippen LogP contribution in [0.3, 0.4) is 0 Å². The zero-order chi connectivity index (χ0) is 10.7. The van der Waals surface area contributed by atoms with E-state index in [4.69, 9.17) is 4.42 Å². The summed E-state index contributed by atoms with van der Waals surface area (Å²) in [5, 5.41) is 2.71. The predicted molar refractivity (Wildman–Crippen MR) is 55.6 cm³/mol. The van der Waals surface area contributed by atoms with Crippen molar-refractivity contribution < 1.29 is 9.21 Å². The highest BCUT2D eigenvalue weighted by Crippen LogP contribution is 2.08. The maximum Gasteiger partial charge on any atom is 0.277 e. The number of rotatable bonds is 2. The molecular formula is C11H10N2O2. The number of carbonyl (C=O) groups is 1. The summed E-state index contributed by atoms with van der Waals surface area (Å²) in [7, 11) is 0. The lowest BCUT2D eigenvalue weighted by Gasteiger charge is -2.00. The molecule has 2 rings (SSSR count). The van der Waals surface area contributed by atoms with Crippen LogP contribution in [0.5, 0.6) is 0 Å². The molecule has 0 aliphatic carbocycles. The molecule has 4 nitrogen and oxygen atoms in total. The molecular weight excluding hydrogens is 192 g/mol. The Bertz CT molecular complexity index is 462. The average Bonchev–Trinajstić information content (AvgIpc) is 2.66. The molecule has 1 aromatic heterocycles. The van der Waals surface area contributed by atoms with E-state index in [1.54, 1.807) is 6.92 Å². The van der Waals surface area contributed by atoms with Gasteiger partial charge in [0.15, 0.2) is 11.6 Å². The van der Waals surface area contributed by atoms with Gasteiger partial charge in [0.05, 0.1) is 0 Å². The summed E-state index contributed by atoms with van der Waals surface area (Å²) >= 11 is 0. The third kappa shape index (κ3) is 2.22. The lowest BCUT2D eigenvalue weighted by Crippen LogP contribution is -2.12. The van der Waals surface area contributed by atoms with Crippen molar-refractivity contribution in [1.29, 1.82) is 0 Å². The van der Waals surface area contributed by atoms with E-state index in [0.717, 1.165) is 5.69 Å². The second-order valence-corrected chi connectivity index (χ2v) is 3.07. The molecule has 76 valence electrons. The Labute approximate surface area is 86.9 Å². The molecule has 1 aromatic carbocycles.